The monoisotopic (exact) mass is 472 g/mol. The predicted octanol–water partition coefficient (Wildman–Crippen LogP) is 2.16. The van der Waals surface area contributed by atoms with Gasteiger partial charge in [-0.05, 0) is 46.1 Å². The van der Waals surface area contributed by atoms with Crippen LogP contribution in [0.2, 0.25) is 0 Å². The molecule has 1 aromatic heterocycles. The van der Waals surface area contributed by atoms with Gasteiger partial charge in [-0.3, -0.25) is 0 Å². The summed E-state index contributed by atoms with van der Waals surface area (Å²) in [4.78, 5) is 19.4. The van der Waals surface area contributed by atoms with Crippen molar-refractivity contribution in [1.82, 2.24) is 9.97 Å². The van der Waals surface area contributed by atoms with E-state index in [1.807, 2.05) is 13.8 Å². The normalized spacial score (nSPS) is 12.5. The second-order valence-corrected chi connectivity index (χ2v) is 8.63. The molecule has 0 unspecified atom stereocenters. The second kappa shape index (κ2) is 9.17. The van der Waals surface area contributed by atoms with E-state index in [1.165, 1.54) is 12.1 Å². The SMILES string of the molecule is CC(C)[C@H](COC(N)=O)Nc1nc(Nc2ccc(S(N)(=O)=O)cc2)ncc1Br. The predicted molar refractivity (Wildman–Crippen MR) is 109 cm³/mol. The summed E-state index contributed by atoms with van der Waals surface area (Å²) in [5, 5.41) is 11.3. The Bertz CT molecular complexity index is 937. The fourth-order valence-corrected chi connectivity index (χ4v) is 2.95. The number of anilines is 3. The summed E-state index contributed by atoms with van der Waals surface area (Å²) >= 11 is 3.38. The van der Waals surface area contributed by atoms with Gasteiger partial charge >= 0.3 is 6.09 Å². The maximum atomic E-state index is 11.3. The standard InChI is InChI=1S/C16H21BrN6O4S/c1-9(2)13(8-27-15(18)24)22-14-12(17)7-20-16(23-14)21-10-3-5-11(6-4-10)28(19,25)26/h3-7,9,13H,8H2,1-2H3,(H2,18,24)(H2,19,25,26)(H2,20,21,22,23)/t13-/m0/s1. The molecule has 1 heterocycles. The first-order valence-corrected chi connectivity index (χ1v) is 10.5. The lowest BCUT2D eigenvalue weighted by atomic mass is 10.1. The van der Waals surface area contributed by atoms with Crippen LogP contribution in [0.3, 0.4) is 0 Å². The van der Waals surface area contributed by atoms with Gasteiger partial charge < -0.3 is 21.1 Å². The third-order valence-corrected chi connectivity index (χ3v) is 5.22. The van der Waals surface area contributed by atoms with Crippen LogP contribution in [0.1, 0.15) is 13.8 Å². The highest BCUT2D eigenvalue weighted by atomic mass is 79.9. The van der Waals surface area contributed by atoms with E-state index >= 15 is 0 Å². The number of halogens is 1. The minimum absolute atomic E-state index is 0.00589. The van der Waals surface area contributed by atoms with Crippen LogP contribution in [-0.4, -0.2) is 37.1 Å². The molecule has 12 heteroatoms. The summed E-state index contributed by atoms with van der Waals surface area (Å²) in [6.07, 6.45) is 0.711. The van der Waals surface area contributed by atoms with Gasteiger partial charge in [-0.25, -0.2) is 23.3 Å². The molecule has 0 aliphatic carbocycles. The van der Waals surface area contributed by atoms with Crippen LogP contribution in [0.15, 0.2) is 39.8 Å². The van der Waals surface area contributed by atoms with Crippen LogP contribution >= 0.6 is 15.9 Å². The van der Waals surface area contributed by atoms with Gasteiger partial charge in [-0.1, -0.05) is 13.8 Å². The average Bonchev–Trinajstić information content (AvgIpc) is 2.60. The number of hydrogen-bond donors (Lipinski definition) is 4. The van der Waals surface area contributed by atoms with Crippen molar-refractivity contribution in [3.05, 3.63) is 34.9 Å². The molecule has 0 fully saturated rings. The molecular weight excluding hydrogens is 452 g/mol. The molecule has 2 aromatic rings. The summed E-state index contributed by atoms with van der Waals surface area (Å²) in [5.41, 5.74) is 5.61. The van der Waals surface area contributed by atoms with Crippen molar-refractivity contribution in [2.45, 2.75) is 24.8 Å². The summed E-state index contributed by atoms with van der Waals surface area (Å²) in [6.45, 7) is 4.01. The van der Waals surface area contributed by atoms with Crippen molar-refractivity contribution < 1.29 is 17.9 Å². The molecule has 0 aliphatic heterocycles. The lowest BCUT2D eigenvalue weighted by Crippen LogP contribution is -2.33. The molecule has 28 heavy (non-hydrogen) atoms. The molecule has 0 bridgehead atoms. The lowest BCUT2D eigenvalue weighted by molar-refractivity contribution is 0.145. The number of primary amides is 1. The van der Waals surface area contributed by atoms with Crippen molar-refractivity contribution in [3.8, 4) is 0 Å². The Labute approximate surface area is 171 Å². The fraction of sp³-hybridized carbons (Fsp3) is 0.312. The highest BCUT2D eigenvalue weighted by Crippen LogP contribution is 2.24. The zero-order valence-corrected chi connectivity index (χ0v) is 17.6. The molecule has 1 amide bonds. The number of carbonyl (C=O) groups excluding carboxylic acids is 1. The Kier molecular flexibility index (Phi) is 7.16. The van der Waals surface area contributed by atoms with Crippen molar-refractivity contribution in [3.63, 3.8) is 0 Å². The number of nitrogens with zero attached hydrogens (tertiary/aromatic N) is 2. The van der Waals surface area contributed by atoms with E-state index < -0.39 is 16.1 Å². The van der Waals surface area contributed by atoms with Gasteiger partial charge in [0, 0.05) is 11.9 Å². The number of amides is 1. The number of ether oxygens (including phenoxy) is 1. The van der Waals surface area contributed by atoms with E-state index in [2.05, 4.69) is 36.5 Å². The maximum Gasteiger partial charge on any atom is 0.404 e. The highest BCUT2D eigenvalue weighted by molar-refractivity contribution is 9.10. The molecule has 0 aliphatic rings. The number of carbonyl (C=O) groups is 1. The topological polar surface area (TPSA) is 162 Å². The van der Waals surface area contributed by atoms with Crippen LogP contribution in [-0.2, 0) is 14.8 Å². The Balaban J connectivity index is 2.16. The molecule has 152 valence electrons. The quantitative estimate of drug-likeness (QED) is 0.453. The Hall–Kier alpha value is -2.44. The number of sulfonamides is 1. The van der Waals surface area contributed by atoms with Crippen molar-refractivity contribution in [2.75, 3.05) is 17.2 Å². The molecule has 10 nitrogen and oxygen atoms in total. The number of rotatable bonds is 8. The third kappa shape index (κ3) is 6.32. The van der Waals surface area contributed by atoms with E-state index in [-0.39, 0.29) is 29.4 Å². The summed E-state index contributed by atoms with van der Waals surface area (Å²) in [5.74, 6) is 0.904. The van der Waals surface area contributed by atoms with E-state index in [9.17, 15) is 13.2 Å². The first kappa shape index (κ1) is 21.9. The minimum Gasteiger partial charge on any atom is -0.448 e. The molecule has 1 atom stereocenters. The number of aromatic nitrogens is 2. The van der Waals surface area contributed by atoms with Crippen LogP contribution in [0.4, 0.5) is 22.2 Å². The molecule has 0 radical (unpaired) electrons. The molecule has 0 saturated heterocycles. The third-order valence-electron chi connectivity index (χ3n) is 3.72. The second-order valence-electron chi connectivity index (χ2n) is 6.21. The smallest absolute Gasteiger partial charge is 0.404 e. The number of primary sulfonamides is 1. The van der Waals surface area contributed by atoms with Crippen molar-refractivity contribution >= 4 is 49.5 Å². The lowest BCUT2D eigenvalue weighted by Gasteiger charge is -2.23. The van der Waals surface area contributed by atoms with Gasteiger partial charge in [-0.15, -0.1) is 0 Å². The van der Waals surface area contributed by atoms with Crippen LogP contribution in [0.5, 0.6) is 0 Å². The fourth-order valence-electron chi connectivity index (χ4n) is 2.13. The van der Waals surface area contributed by atoms with E-state index in [0.717, 1.165) is 0 Å². The molecular formula is C16H21BrN6O4S. The van der Waals surface area contributed by atoms with Crippen molar-refractivity contribution in [2.24, 2.45) is 16.8 Å². The Morgan fingerprint density at radius 1 is 1.29 bits per heavy atom. The molecule has 1 aromatic carbocycles. The van der Waals surface area contributed by atoms with Gasteiger partial charge in [0.2, 0.25) is 16.0 Å². The maximum absolute atomic E-state index is 11.3. The molecule has 0 spiro atoms. The van der Waals surface area contributed by atoms with Crippen LogP contribution in [0.25, 0.3) is 0 Å². The molecule has 6 N–H and O–H groups in total. The first-order chi connectivity index (χ1) is 13.1. The van der Waals surface area contributed by atoms with Gasteiger partial charge in [-0.2, -0.15) is 4.98 Å². The molecule has 2 rings (SSSR count). The van der Waals surface area contributed by atoms with E-state index in [0.29, 0.717) is 16.0 Å². The molecule has 0 saturated carbocycles. The Morgan fingerprint density at radius 2 is 1.93 bits per heavy atom. The van der Waals surface area contributed by atoms with Crippen LogP contribution < -0.4 is 21.5 Å². The summed E-state index contributed by atoms with van der Waals surface area (Å²) < 4.78 is 28.1. The Morgan fingerprint density at radius 3 is 2.46 bits per heavy atom. The van der Waals surface area contributed by atoms with E-state index in [4.69, 9.17) is 15.6 Å². The minimum atomic E-state index is -3.76. The van der Waals surface area contributed by atoms with Gasteiger partial charge in [0.1, 0.15) is 12.4 Å². The highest BCUT2D eigenvalue weighted by Gasteiger charge is 2.18. The largest absolute Gasteiger partial charge is 0.448 e. The number of nitrogens with two attached hydrogens (primary N) is 2. The number of hydrogen-bond acceptors (Lipinski definition) is 8. The summed E-state index contributed by atoms with van der Waals surface area (Å²) in [7, 11) is -3.76. The zero-order valence-electron chi connectivity index (χ0n) is 15.2. The van der Waals surface area contributed by atoms with Crippen molar-refractivity contribution in [1.29, 1.82) is 0 Å². The van der Waals surface area contributed by atoms with Crippen LogP contribution in [0, 0.1) is 5.92 Å². The average molecular weight is 473 g/mol. The first-order valence-electron chi connectivity index (χ1n) is 8.17. The summed E-state index contributed by atoms with van der Waals surface area (Å²) in [6, 6.07) is 5.64. The van der Waals surface area contributed by atoms with E-state index in [1.54, 1.807) is 18.3 Å². The zero-order chi connectivity index (χ0) is 20.9. The van der Waals surface area contributed by atoms with Gasteiger partial charge in [0.15, 0.2) is 0 Å². The van der Waals surface area contributed by atoms with Gasteiger partial charge in [0.05, 0.1) is 15.4 Å². The van der Waals surface area contributed by atoms with Gasteiger partial charge in [0.25, 0.3) is 0 Å². The number of nitrogens with one attached hydrogen (secondary N) is 2. The number of benzene rings is 1.